The van der Waals surface area contributed by atoms with Gasteiger partial charge in [0.2, 0.25) is 5.89 Å². The molecule has 1 aromatic rings. The van der Waals surface area contributed by atoms with E-state index in [2.05, 4.69) is 33.8 Å². The molecule has 6 heteroatoms. The second-order valence-corrected chi connectivity index (χ2v) is 7.40. The molecule has 1 aromatic heterocycles. The van der Waals surface area contributed by atoms with Crippen molar-refractivity contribution in [3.05, 3.63) is 11.7 Å². The molecule has 24 heavy (non-hydrogen) atoms. The molecule has 136 valence electrons. The minimum absolute atomic E-state index is 0.202. The van der Waals surface area contributed by atoms with Crippen LogP contribution in [0.4, 0.5) is 0 Å². The Balaban J connectivity index is 1.36. The highest BCUT2D eigenvalue weighted by Crippen LogP contribution is 2.26. The highest BCUT2D eigenvalue weighted by Gasteiger charge is 2.26. The van der Waals surface area contributed by atoms with Gasteiger partial charge in [0, 0.05) is 32.7 Å². The molecular formula is C18H32N4O2. The van der Waals surface area contributed by atoms with Crippen LogP contribution in [0.5, 0.6) is 0 Å². The monoisotopic (exact) mass is 336 g/mol. The van der Waals surface area contributed by atoms with Gasteiger partial charge in [0.1, 0.15) is 0 Å². The molecule has 0 N–H and O–H groups in total. The molecule has 1 aliphatic carbocycles. The van der Waals surface area contributed by atoms with E-state index in [4.69, 9.17) is 9.26 Å². The van der Waals surface area contributed by atoms with Crippen LogP contribution in [0.1, 0.15) is 57.3 Å². The zero-order valence-electron chi connectivity index (χ0n) is 15.4. The van der Waals surface area contributed by atoms with E-state index in [1.807, 2.05) is 6.92 Å². The number of piperazine rings is 1. The van der Waals surface area contributed by atoms with E-state index in [-0.39, 0.29) is 6.04 Å². The molecule has 0 amide bonds. The van der Waals surface area contributed by atoms with E-state index in [0.717, 1.165) is 51.1 Å². The third kappa shape index (κ3) is 4.55. The molecule has 2 aliphatic rings. The fraction of sp³-hybridized carbons (Fsp3) is 0.889. The Labute approximate surface area is 145 Å². The lowest BCUT2D eigenvalue weighted by Gasteiger charge is -2.37. The van der Waals surface area contributed by atoms with Crippen molar-refractivity contribution in [2.45, 2.75) is 58.6 Å². The summed E-state index contributed by atoms with van der Waals surface area (Å²) in [6.45, 7) is 12.5. The number of rotatable bonds is 6. The van der Waals surface area contributed by atoms with Gasteiger partial charge in [-0.1, -0.05) is 24.9 Å². The average molecular weight is 336 g/mol. The number of hydrogen-bond acceptors (Lipinski definition) is 6. The quantitative estimate of drug-likeness (QED) is 0.796. The largest absolute Gasteiger partial charge is 0.377 e. The average Bonchev–Trinajstić information content (AvgIpc) is 3.03. The summed E-state index contributed by atoms with van der Waals surface area (Å²) in [6, 6.07) is 0.202. The van der Waals surface area contributed by atoms with Crippen LogP contribution in [0.2, 0.25) is 0 Å². The summed E-state index contributed by atoms with van der Waals surface area (Å²) in [7, 11) is 0. The normalized spacial score (nSPS) is 28.1. The third-order valence-corrected chi connectivity index (χ3v) is 5.63. The maximum atomic E-state index is 6.16. The number of nitrogens with zero attached hydrogens (tertiary/aromatic N) is 4. The lowest BCUT2D eigenvalue weighted by atomic mass is 9.88. The first-order valence-electron chi connectivity index (χ1n) is 9.51. The Bertz CT molecular complexity index is 499. The van der Waals surface area contributed by atoms with Crippen LogP contribution in [0, 0.1) is 12.8 Å². The van der Waals surface area contributed by atoms with Crippen LogP contribution in [0.3, 0.4) is 0 Å². The van der Waals surface area contributed by atoms with Crippen molar-refractivity contribution < 1.29 is 9.26 Å². The van der Waals surface area contributed by atoms with E-state index in [9.17, 15) is 0 Å². The van der Waals surface area contributed by atoms with E-state index >= 15 is 0 Å². The van der Waals surface area contributed by atoms with Crippen LogP contribution in [-0.4, -0.2) is 65.4 Å². The number of hydrogen-bond donors (Lipinski definition) is 0. The molecule has 1 saturated heterocycles. The van der Waals surface area contributed by atoms with Gasteiger partial charge < -0.3 is 9.26 Å². The van der Waals surface area contributed by atoms with E-state index < -0.39 is 0 Å². The van der Waals surface area contributed by atoms with Gasteiger partial charge >= 0.3 is 0 Å². The second-order valence-electron chi connectivity index (χ2n) is 7.40. The van der Waals surface area contributed by atoms with Crippen molar-refractivity contribution in [2.24, 2.45) is 5.92 Å². The third-order valence-electron chi connectivity index (χ3n) is 5.63. The fourth-order valence-electron chi connectivity index (χ4n) is 3.88. The Hall–Kier alpha value is -0.980. The van der Waals surface area contributed by atoms with Crippen molar-refractivity contribution >= 4 is 0 Å². The van der Waals surface area contributed by atoms with E-state index in [1.165, 1.54) is 25.7 Å². The van der Waals surface area contributed by atoms with Crippen LogP contribution in [0.25, 0.3) is 0 Å². The van der Waals surface area contributed by atoms with Crippen molar-refractivity contribution in [2.75, 3.05) is 39.3 Å². The predicted molar refractivity (Wildman–Crippen MR) is 92.8 cm³/mol. The molecular weight excluding hydrogens is 304 g/mol. The van der Waals surface area contributed by atoms with Gasteiger partial charge in [-0.3, -0.25) is 9.80 Å². The summed E-state index contributed by atoms with van der Waals surface area (Å²) in [5, 5.41) is 3.90. The van der Waals surface area contributed by atoms with Crippen molar-refractivity contribution in [1.82, 2.24) is 19.9 Å². The fourth-order valence-corrected chi connectivity index (χ4v) is 3.88. The Morgan fingerprint density at radius 2 is 1.96 bits per heavy atom. The predicted octanol–water partition coefficient (Wildman–Crippen LogP) is 2.65. The Morgan fingerprint density at radius 1 is 1.21 bits per heavy atom. The van der Waals surface area contributed by atoms with Gasteiger partial charge in [0.25, 0.3) is 0 Å². The van der Waals surface area contributed by atoms with E-state index in [0.29, 0.717) is 11.9 Å². The molecule has 0 radical (unpaired) electrons. The zero-order valence-corrected chi connectivity index (χ0v) is 15.4. The molecule has 3 rings (SSSR count). The SMILES string of the molecule is Cc1noc([C@H](C)N2CCN(CCO[C@H]3CCCC[C@@H]3C)CC2)n1. The minimum atomic E-state index is 0.202. The molecule has 1 saturated carbocycles. The summed E-state index contributed by atoms with van der Waals surface area (Å²) in [6.07, 6.45) is 5.77. The Kier molecular flexibility index (Phi) is 6.25. The number of ether oxygens (including phenoxy) is 1. The first-order valence-corrected chi connectivity index (χ1v) is 9.51. The van der Waals surface area contributed by atoms with E-state index in [1.54, 1.807) is 0 Å². The molecule has 0 bridgehead atoms. The highest BCUT2D eigenvalue weighted by atomic mass is 16.5. The molecule has 2 fully saturated rings. The molecule has 3 atom stereocenters. The first-order chi connectivity index (χ1) is 11.6. The van der Waals surface area contributed by atoms with Gasteiger partial charge in [0.15, 0.2) is 5.82 Å². The van der Waals surface area contributed by atoms with Gasteiger partial charge in [0.05, 0.1) is 18.8 Å². The van der Waals surface area contributed by atoms with Crippen LogP contribution < -0.4 is 0 Å². The molecule has 2 heterocycles. The van der Waals surface area contributed by atoms with Gasteiger partial charge in [-0.2, -0.15) is 4.98 Å². The Morgan fingerprint density at radius 3 is 2.62 bits per heavy atom. The van der Waals surface area contributed by atoms with Crippen LogP contribution in [-0.2, 0) is 4.74 Å². The van der Waals surface area contributed by atoms with Crippen molar-refractivity contribution in [1.29, 1.82) is 0 Å². The van der Waals surface area contributed by atoms with Crippen LogP contribution >= 0.6 is 0 Å². The summed E-state index contributed by atoms with van der Waals surface area (Å²) in [4.78, 5) is 9.29. The summed E-state index contributed by atoms with van der Waals surface area (Å²) >= 11 is 0. The minimum Gasteiger partial charge on any atom is -0.377 e. The summed E-state index contributed by atoms with van der Waals surface area (Å²) < 4.78 is 11.5. The molecule has 1 aliphatic heterocycles. The molecule has 0 aromatic carbocycles. The number of aromatic nitrogens is 2. The van der Waals surface area contributed by atoms with Gasteiger partial charge in [-0.05, 0) is 32.6 Å². The molecule has 6 nitrogen and oxygen atoms in total. The smallest absolute Gasteiger partial charge is 0.243 e. The summed E-state index contributed by atoms with van der Waals surface area (Å²) in [5.74, 6) is 2.18. The molecule has 0 unspecified atom stereocenters. The van der Waals surface area contributed by atoms with Gasteiger partial charge in [-0.25, -0.2) is 0 Å². The standard InChI is InChI=1S/C18H32N4O2/c1-14-6-4-5-7-17(14)23-13-12-21-8-10-22(11-9-21)15(2)18-19-16(3)20-24-18/h14-15,17H,4-13H2,1-3H3/t14-,15-,17-/m0/s1. The second kappa shape index (κ2) is 8.41. The molecule has 0 spiro atoms. The van der Waals surface area contributed by atoms with Gasteiger partial charge in [-0.15, -0.1) is 0 Å². The number of aryl methyl sites for hydroxylation is 1. The lowest BCUT2D eigenvalue weighted by molar-refractivity contribution is -0.0198. The highest BCUT2D eigenvalue weighted by molar-refractivity contribution is 4.91. The summed E-state index contributed by atoms with van der Waals surface area (Å²) in [5.41, 5.74) is 0. The van der Waals surface area contributed by atoms with Crippen molar-refractivity contribution in [3.8, 4) is 0 Å². The topological polar surface area (TPSA) is 54.6 Å². The van der Waals surface area contributed by atoms with Crippen molar-refractivity contribution in [3.63, 3.8) is 0 Å². The zero-order chi connectivity index (χ0) is 16.9. The maximum absolute atomic E-state index is 6.16. The lowest BCUT2D eigenvalue weighted by Crippen LogP contribution is -2.48. The maximum Gasteiger partial charge on any atom is 0.243 e. The first kappa shape index (κ1) is 17.8. The van der Waals surface area contributed by atoms with Crippen LogP contribution in [0.15, 0.2) is 4.52 Å².